The minimum atomic E-state index is -4.66. The molecule has 3 nitrogen and oxygen atoms in total. The predicted molar refractivity (Wildman–Crippen MR) is 123 cm³/mol. The zero-order chi connectivity index (χ0) is 26.6. The van der Waals surface area contributed by atoms with Crippen LogP contribution in [0.25, 0.3) is 6.08 Å². The number of carbonyl (C=O) groups is 2. The number of hydrogen-bond donors (Lipinski definition) is 1. The van der Waals surface area contributed by atoms with Crippen molar-refractivity contribution in [2.24, 2.45) is 0 Å². The van der Waals surface area contributed by atoms with Gasteiger partial charge >= 0.3 is 12.4 Å². The third-order valence-electron chi connectivity index (χ3n) is 4.82. The molecule has 35 heavy (non-hydrogen) atoms. The topological polar surface area (TPSA) is 46.2 Å². The Hall–Kier alpha value is -2.23. The van der Waals surface area contributed by atoms with Crippen molar-refractivity contribution >= 4 is 52.6 Å². The van der Waals surface area contributed by atoms with Gasteiger partial charge in [-0.2, -0.15) is 26.3 Å². The molecule has 0 aliphatic carbocycles. The lowest BCUT2D eigenvalue weighted by atomic mass is 9.95. The summed E-state index contributed by atoms with van der Waals surface area (Å²) in [7, 11) is 0. The molecule has 0 radical (unpaired) electrons. The molecule has 0 aromatic heterocycles. The summed E-state index contributed by atoms with van der Waals surface area (Å²) in [5.74, 6) is -3.45. The fourth-order valence-electron chi connectivity index (χ4n) is 3.12. The summed E-state index contributed by atoms with van der Waals surface area (Å²) in [5, 5.41) is 1.37. The third kappa shape index (κ3) is 8.74. The first-order chi connectivity index (χ1) is 16.1. The molecule has 0 bridgehead atoms. The van der Waals surface area contributed by atoms with E-state index in [0.717, 1.165) is 18.2 Å². The van der Waals surface area contributed by atoms with Gasteiger partial charge in [0.25, 0.3) is 0 Å². The molecule has 190 valence electrons. The van der Waals surface area contributed by atoms with Gasteiger partial charge in [0.05, 0.1) is 21.0 Å². The Labute approximate surface area is 212 Å². The van der Waals surface area contributed by atoms with Crippen molar-refractivity contribution in [3.05, 3.63) is 73.7 Å². The first kappa shape index (κ1) is 29.0. The third-order valence-corrected chi connectivity index (χ3v) is 6.01. The van der Waals surface area contributed by atoms with Gasteiger partial charge in [0.1, 0.15) is 6.54 Å². The van der Waals surface area contributed by atoms with E-state index in [4.69, 9.17) is 34.8 Å². The number of Topliss-reactive ketones (excluding diaryl/α,β-unsaturated/α-hetero) is 1. The summed E-state index contributed by atoms with van der Waals surface area (Å²) in [6, 6.07) is 6.42. The number of ketones is 1. The lowest BCUT2D eigenvalue weighted by Crippen LogP contribution is -2.33. The molecule has 0 spiro atoms. The zero-order valence-electron chi connectivity index (χ0n) is 18.0. The van der Waals surface area contributed by atoms with Gasteiger partial charge in [-0.25, -0.2) is 0 Å². The fraction of sp³-hybridized carbons (Fsp3) is 0.304. The number of halogens is 9. The maximum atomic E-state index is 13.7. The van der Waals surface area contributed by atoms with E-state index in [0.29, 0.717) is 11.1 Å². The van der Waals surface area contributed by atoms with Gasteiger partial charge in [-0.3, -0.25) is 9.59 Å². The highest BCUT2D eigenvalue weighted by atomic mass is 35.5. The van der Waals surface area contributed by atoms with Gasteiger partial charge < -0.3 is 5.32 Å². The van der Waals surface area contributed by atoms with Crippen LogP contribution in [0.15, 0.2) is 36.4 Å². The van der Waals surface area contributed by atoms with Crippen LogP contribution < -0.4 is 5.32 Å². The molecule has 0 fully saturated rings. The van der Waals surface area contributed by atoms with Gasteiger partial charge in [0.15, 0.2) is 5.78 Å². The Bertz CT molecular complexity index is 1110. The van der Waals surface area contributed by atoms with Gasteiger partial charge in [-0.1, -0.05) is 65.2 Å². The average Bonchev–Trinajstić information content (AvgIpc) is 2.73. The summed E-state index contributed by atoms with van der Waals surface area (Å²) in [6.45, 7) is 0.0573. The number of hydrogen-bond acceptors (Lipinski definition) is 2. The summed E-state index contributed by atoms with van der Waals surface area (Å²) in [6.07, 6.45) is -7.84. The highest BCUT2D eigenvalue weighted by molar-refractivity contribution is 6.48. The average molecular weight is 561 g/mol. The lowest BCUT2D eigenvalue weighted by Gasteiger charge is -2.18. The minimum Gasteiger partial charge on any atom is -0.347 e. The minimum absolute atomic E-state index is 0.0595. The molecule has 2 aromatic carbocycles. The molecule has 0 saturated heterocycles. The first-order valence-corrected chi connectivity index (χ1v) is 11.1. The van der Waals surface area contributed by atoms with Crippen LogP contribution in [0, 0.1) is 6.92 Å². The van der Waals surface area contributed by atoms with Gasteiger partial charge in [-0.05, 0) is 35.7 Å². The van der Waals surface area contributed by atoms with E-state index < -0.39 is 42.9 Å². The van der Waals surface area contributed by atoms with Crippen LogP contribution in [0.4, 0.5) is 26.3 Å². The molecular formula is C23H18Cl3F6NO2. The number of amides is 1. The maximum Gasteiger partial charge on any atom is 0.405 e. The SMILES string of the molecule is Cc1cc(/C=C/C(c2cc(Cl)c(Cl)c(Cl)c2)C(F)(F)F)ccc1C(=O)CCC(=O)NCC(F)(F)F. The largest absolute Gasteiger partial charge is 0.405 e. The molecule has 12 heteroatoms. The Morgan fingerprint density at radius 3 is 2.09 bits per heavy atom. The quantitative estimate of drug-likeness (QED) is 0.202. The highest BCUT2D eigenvalue weighted by Gasteiger charge is 2.39. The molecule has 1 unspecified atom stereocenters. The number of rotatable bonds is 8. The van der Waals surface area contributed by atoms with E-state index in [1.807, 2.05) is 0 Å². The Morgan fingerprint density at radius 2 is 1.57 bits per heavy atom. The molecule has 2 aromatic rings. The van der Waals surface area contributed by atoms with Crippen LogP contribution in [-0.4, -0.2) is 30.6 Å². The molecule has 1 amide bonds. The number of allylic oxidation sites excluding steroid dienone is 1. The van der Waals surface area contributed by atoms with Crippen molar-refractivity contribution < 1.29 is 35.9 Å². The van der Waals surface area contributed by atoms with Crippen molar-refractivity contribution in [3.63, 3.8) is 0 Å². The number of carbonyl (C=O) groups excluding carboxylic acids is 2. The van der Waals surface area contributed by atoms with Crippen LogP contribution in [0.2, 0.25) is 15.1 Å². The molecular weight excluding hydrogens is 543 g/mol. The van der Waals surface area contributed by atoms with Crippen LogP contribution in [0.3, 0.4) is 0 Å². The summed E-state index contributed by atoms with van der Waals surface area (Å²) >= 11 is 17.5. The highest BCUT2D eigenvalue weighted by Crippen LogP contribution is 2.41. The van der Waals surface area contributed by atoms with Crippen molar-refractivity contribution in [3.8, 4) is 0 Å². The van der Waals surface area contributed by atoms with E-state index in [1.54, 1.807) is 12.2 Å². The summed E-state index contributed by atoms with van der Waals surface area (Å²) in [5.41, 5.74) is 0.784. The van der Waals surface area contributed by atoms with E-state index in [-0.39, 0.29) is 32.6 Å². The van der Waals surface area contributed by atoms with E-state index in [1.165, 1.54) is 24.3 Å². The van der Waals surface area contributed by atoms with Gasteiger partial charge in [0.2, 0.25) is 5.91 Å². The monoisotopic (exact) mass is 559 g/mol. The number of benzene rings is 2. The normalized spacial score (nSPS) is 13.2. The smallest absolute Gasteiger partial charge is 0.347 e. The van der Waals surface area contributed by atoms with Crippen molar-refractivity contribution in [2.75, 3.05) is 6.54 Å². The molecule has 1 atom stereocenters. The zero-order valence-corrected chi connectivity index (χ0v) is 20.2. The van der Waals surface area contributed by atoms with E-state index >= 15 is 0 Å². The lowest BCUT2D eigenvalue weighted by molar-refractivity contribution is -0.139. The Morgan fingerprint density at radius 1 is 0.971 bits per heavy atom. The molecule has 2 rings (SSSR count). The number of alkyl halides is 6. The maximum absolute atomic E-state index is 13.7. The van der Waals surface area contributed by atoms with Crippen LogP contribution >= 0.6 is 34.8 Å². The fourth-order valence-corrected chi connectivity index (χ4v) is 3.74. The summed E-state index contributed by atoms with van der Waals surface area (Å²) < 4.78 is 77.4. The van der Waals surface area contributed by atoms with Crippen LogP contribution in [-0.2, 0) is 4.79 Å². The molecule has 0 aliphatic heterocycles. The van der Waals surface area contributed by atoms with Crippen molar-refractivity contribution in [1.29, 1.82) is 0 Å². The molecule has 0 heterocycles. The second kappa shape index (κ2) is 11.7. The Balaban J connectivity index is 2.15. The summed E-state index contributed by atoms with van der Waals surface area (Å²) in [4.78, 5) is 23.8. The Kier molecular flexibility index (Phi) is 9.67. The van der Waals surface area contributed by atoms with Crippen molar-refractivity contribution in [1.82, 2.24) is 5.32 Å². The number of aryl methyl sites for hydroxylation is 1. The van der Waals surface area contributed by atoms with Crippen molar-refractivity contribution in [2.45, 2.75) is 38.0 Å². The second-order valence-corrected chi connectivity index (χ2v) is 8.76. The molecule has 1 N–H and O–H groups in total. The van der Waals surface area contributed by atoms with Gasteiger partial charge in [-0.15, -0.1) is 0 Å². The van der Waals surface area contributed by atoms with Crippen LogP contribution in [0.5, 0.6) is 0 Å². The molecule has 0 saturated carbocycles. The van der Waals surface area contributed by atoms with Crippen LogP contribution in [0.1, 0.15) is 45.8 Å². The molecule has 0 aliphatic rings. The van der Waals surface area contributed by atoms with E-state index in [2.05, 4.69) is 0 Å². The standard InChI is InChI=1S/C23H18Cl3F6NO2/c1-12-8-13(2-4-15(12)19(34)6-7-20(35)33-11-22(27,28)29)3-5-16(23(30,31)32)14-9-17(24)21(26)18(25)10-14/h2-5,8-10,16H,6-7,11H2,1H3,(H,33,35)/b5-3+. The number of nitrogens with one attached hydrogen (secondary N) is 1. The predicted octanol–water partition coefficient (Wildman–Crippen LogP) is 7.96. The second-order valence-electron chi connectivity index (χ2n) is 7.57. The first-order valence-electron chi connectivity index (χ1n) is 9.95. The van der Waals surface area contributed by atoms with Gasteiger partial charge in [0, 0.05) is 18.4 Å². The van der Waals surface area contributed by atoms with E-state index in [9.17, 15) is 35.9 Å².